The topological polar surface area (TPSA) is 76.2 Å². The van der Waals surface area contributed by atoms with Crippen LogP contribution in [0, 0.1) is 6.92 Å². The molecule has 0 spiro atoms. The number of carbonyl (C=O) groups excluding carboxylic acids is 1. The first-order valence-electron chi connectivity index (χ1n) is 7.39. The summed E-state index contributed by atoms with van der Waals surface area (Å²) in [6, 6.07) is 12.4. The number of aromatic nitrogens is 1. The SMILES string of the molecule is COc1ccc2c(c1)c(N=NC(=O)c1ccc(C)cc1)c(O)n2C. The van der Waals surface area contributed by atoms with Crippen molar-refractivity contribution in [1.29, 1.82) is 0 Å². The van der Waals surface area contributed by atoms with Crippen LogP contribution in [0.4, 0.5) is 5.69 Å². The highest BCUT2D eigenvalue weighted by molar-refractivity contribution is 5.97. The number of rotatable bonds is 3. The first-order chi connectivity index (χ1) is 11.5. The third kappa shape index (κ3) is 2.74. The second-order valence-electron chi connectivity index (χ2n) is 5.49. The monoisotopic (exact) mass is 323 g/mol. The van der Waals surface area contributed by atoms with Gasteiger partial charge in [-0.15, -0.1) is 10.2 Å². The molecule has 0 atom stereocenters. The molecule has 0 unspecified atom stereocenters. The van der Waals surface area contributed by atoms with Gasteiger partial charge in [-0.05, 0) is 37.3 Å². The van der Waals surface area contributed by atoms with Crippen LogP contribution < -0.4 is 4.74 Å². The Kier molecular flexibility index (Phi) is 4.04. The van der Waals surface area contributed by atoms with Crippen LogP contribution in [0.2, 0.25) is 0 Å². The number of amides is 1. The summed E-state index contributed by atoms with van der Waals surface area (Å²) in [6.07, 6.45) is 0. The van der Waals surface area contributed by atoms with Gasteiger partial charge in [-0.2, -0.15) is 0 Å². The Bertz CT molecular complexity index is 940. The van der Waals surface area contributed by atoms with E-state index in [1.54, 1.807) is 43.0 Å². The molecule has 24 heavy (non-hydrogen) atoms. The van der Waals surface area contributed by atoms with Gasteiger partial charge in [-0.1, -0.05) is 17.7 Å². The Morgan fingerprint density at radius 1 is 1.17 bits per heavy atom. The summed E-state index contributed by atoms with van der Waals surface area (Å²) in [4.78, 5) is 12.1. The van der Waals surface area contributed by atoms with Crippen LogP contribution in [0.15, 0.2) is 52.7 Å². The number of benzene rings is 2. The largest absolute Gasteiger partial charge is 0.497 e. The summed E-state index contributed by atoms with van der Waals surface area (Å²) in [7, 11) is 3.27. The average Bonchev–Trinajstić information content (AvgIpc) is 2.84. The Hall–Kier alpha value is -3.15. The number of fused-ring (bicyclic) bond motifs is 1. The molecule has 0 saturated carbocycles. The molecule has 3 rings (SSSR count). The summed E-state index contributed by atoms with van der Waals surface area (Å²) in [5.41, 5.74) is 2.51. The van der Waals surface area contributed by atoms with Crippen molar-refractivity contribution in [3.05, 3.63) is 53.6 Å². The van der Waals surface area contributed by atoms with E-state index in [-0.39, 0.29) is 11.6 Å². The first-order valence-corrected chi connectivity index (χ1v) is 7.39. The van der Waals surface area contributed by atoms with Crippen molar-refractivity contribution in [1.82, 2.24) is 4.57 Å². The van der Waals surface area contributed by atoms with Gasteiger partial charge in [0.05, 0.1) is 12.6 Å². The standard InChI is InChI=1S/C18H17N3O3/c1-11-4-6-12(7-5-11)17(22)20-19-16-14-10-13(24-3)8-9-15(14)21(2)18(16)23/h4-10,23H,1-3H3. The Morgan fingerprint density at radius 3 is 2.54 bits per heavy atom. The summed E-state index contributed by atoms with van der Waals surface area (Å²) < 4.78 is 6.79. The van der Waals surface area contributed by atoms with Gasteiger partial charge in [0.1, 0.15) is 5.75 Å². The number of aryl methyl sites for hydroxylation is 2. The molecule has 1 heterocycles. The van der Waals surface area contributed by atoms with Gasteiger partial charge in [0.15, 0.2) is 5.69 Å². The summed E-state index contributed by atoms with van der Waals surface area (Å²) in [5.74, 6) is 0.113. The fourth-order valence-corrected chi connectivity index (χ4v) is 2.47. The smallest absolute Gasteiger partial charge is 0.295 e. The maximum atomic E-state index is 12.1. The van der Waals surface area contributed by atoms with Crippen LogP contribution >= 0.6 is 0 Å². The molecule has 0 bridgehead atoms. The van der Waals surface area contributed by atoms with E-state index in [0.717, 1.165) is 11.1 Å². The van der Waals surface area contributed by atoms with Crippen LogP contribution in [0.25, 0.3) is 10.9 Å². The predicted octanol–water partition coefficient (Wildman–Crippen LogP) is 4.13. The minimum atomic E-state index is -0.464. The molecule has 0 aliphatic rings. The number of methoxy groups -OCH3 is 1. The van der Waals surface area contributed by atoms with Gasteiger partial charge < -0.3 is 14.4 Å². The number of hydrogen-bond donors (Lipinski definition) is 1. The van der Waals surface area contributed by atoms with E-state index in [1.165, 1.54) is 0 Å². The van der Waals surface area contributed by atoms with Crippen molar-refractivity contribution in [3.8, 4) is 11.6 Å². The van der Waals surface area contributed by atoms with Crippen LogP contribution in [0.3, 0.4) is 0 Å². The van der Waals surface area contributed by atoms with E-state index in [2.05, 4.69) is 10.2 Å². The zero-order chi connectivity index (χ0) is 17.3. The highest BCUT2D eigenvalue weighted by atomic mass is 16.5. The highest BCUT2D eigenvalue weighted by Crippen LogP contribution is 2.39. The molecule has 0 aliphatic heterocycles. The number of hydrogen-bond acceptors (Lipinski definition) is 4. The molecule has 2 aromatic carbocycles. The minimum Gasteiger partial charge on any atom is -0.497 e. The fraction of sp³-hybridized carbons (Fsp3) is 0.167. The van der Waals surface area contributed by atoms with Crippen molar-refractivity contribution in [2.24, 2.45) is 17.3 Å². The molecule has 3 aromatic rings. The molecule has 0 radical (unpaired) electrons. The van der Waals surface area contributed by atoms with Crippen LogP contribution in [0.5, 0.6) is 11.6 Å². The molecule has 1 amide bonds. The first kappa shape index (κ1) is 15.7. The number of carbonyl (C=O) groups is 1. The third-order valence-corrected chi connectivity index (χ3v) is 3.89. The van der Waals surface area contributed by atoms with Gasteiger partial charge in [-0.3, -0.25) is 4.79 Å². The average molecular weight is 323 g/mol. The minimum absolute atomic E-state index is 0.0568. The molecule has 0 fully saturated rings. The van der Waals surface area contributed by atoms with E-state index in [9.17, 15) is 9.90 Å². The van der Waals surface area contributed by atoms with Gasteiger partial charge in [0, 0.05) is 18.0 Å². The van der Waals surface area contributed by atoms with Crippen molar-refractivity contribution < 1.29 is 14.6 Å². The van der Waals surface area contributed by atoms with Gasteiger partial charge in [0.2, 0.25) is 5.88 Å². The number of aromatic hydroxyl groups is 1. The molecule has 0 aliphatic carbocycles. The summed E-state index contributed by atoms with van der Waals surface area (Å²) in [6.45, 7) is 1.94. The Balaban J connectivity index is 2.01. The lowest BCUT2D eigenvalue weighted by Gasteiger charge is -2.00. The van der Waals surface area contributed by atoms with Crippen molar-refractivity contribution in [3.63, 3.8) is 0 Å². The Morgan fingerprint density at radius 2 is 1.88 bits per heavy atom. The molecule has 122 valence electrons. The van der Waals surface area contributed by atoms with Crippen LogP contribution in [-0.4, -0.2) is 22.7 Å². The molecule has 1 N–H and O–H groups in total. The quantitative estimate of drug-likeness (QED) is 0.736. The lowest BCUT2D eigenvalue weighted by atomic mass is 10.1. The number of ether oxygens (including phenoxy) is 1. The summed E-state index contributed by atoms with van der Waals surface area (Å²) >= 11 is 0. The van der Waals surface area contributed by atoms with Crippen LogP contribution in [0.1, 0.15) is 15.9 Å². The molecule has 1 aromatic heterocycles. The maximum Gasteiger partial charge on any atom is 0.295 e. The predicted molar refractivity (Wildman–Crippen MR) is 91.2 cm³/mol. The lowest BCUT2D eigenvalue weighted by molar-refractivity contribution is 0.0995. The van der Waals surface area contributed by atoms with E-state index in [4.69, 9.17) is 4.74 Å². The van der Waals surface area contributed by atoms with E-state index >= 15 is 0 Å². The van der Waals surface area contributed by atoms with Gasteiger partial charge in [0.25, 0.3) is 5.91 Å². The summed E-state index contributed by atoms with van der Waals surface area (Å²) in [5, 5.41) is 18.6. The third-order valence-electron chi connectivity index (χ3n) is 3.89. The van der Waals surface area contributed by atoms with E-state index in [1.807, 2.05) is 25.1 Å². The molecular formula is C18H17N3O3. The van der Waals surface area contributed by atoms with E-state index in [0.29, 0.717) is 16.7 Å². The van der Waals surface area contributed by atoms with Gasteiger partial charge >= 0.3 is 0 Å². The fourth-order valence-electron chi connectivity index (χ4n) is 2.47. The molecule has 6 heteroatoms. The van der Waals surface area contributed by atoms with Crippen LogP contribution in [-0.2, 0) is 7.05 Å². The molecule has 0 saturated heterocycles. The zero-order valence-corrected chi connectivity index (χ0v) is 13.6. The number of nitrogens with zero attached hydrogens (tertiary/aromatic N) is 3. The Labute approximate surface area is 139 Å². The van der Waals surface area contributed by atoms with Gasteiger partial charge in [-0.25, -0.2) is 0 Å². The lowest BCUT2D eigenvalue weighted by Crippen LogP contribution is -1.93. The van der Waals surface area contributed by atoms with Crippen molar-refractivity contribution in [2.75, 3.05) is 7.11 Å². The second kappa shape index (κ2) is 6.16. The van der Waals surface area contributed by atoms with E-state index < -0.39 is 5.91 Å². The van der Waals surface area contributed by atoms with Crippen molar-refractivity contribution in [2.45, 2.75) is 6.92 Å². The number of azo groups is 1. The van der Waals surface area contributed by atoms with Crippen molar-refractivity contribution >= 4 is 22.5 Å². The maximum absolute atomic E-state index is 12.1. The molecular weight excluding hydrogens is 306 g/mol. The highest BCUT2D eigenvalue weighted by Gasteiger charge is 2.15. The molecule has 6 nitrogen and oxygen atoms in total. The second-order valence-corrected chi connectivity index (χ2v) is 5.49. The zero-order valence-electron chi connectivity index (χ0n) is 13.6. The normalized spacial score (nSPS) is 11.3.